The van der Waals surface area contributed by atoms with Crippen LogP contribution >= 0.6 is 0 Å². The number of hydrogen-bond donors (Lipinski definition) is 1. The minimum absolute atomic E-state index is 0.0320. The van der Waals surface area contributed by atoms with Crippen molar-refractivity contribution in [3.8, 4) is 0 Å². The Bertz CT molecular complexity index is 359. The van der Waals surface area contributed by atoms with Crippen LogP contribution in [-0.2, 0) is 14.3 Å². The van der Waals surface area contributed by atoms with E-state index in [1.54, 1.807) is 7.11 Å². The predicted octanol–water partition coefficient (Wildman–Crippen LogP) is 1.03. The molecule has 3 atom stereocenters. The molecule has 3 unspecified atom stereocenters. The first-order valence-electron chi connectivity index (χ1n) is 7.69. The minimum Gasteiger partial charge on any atom is -0.385 e. The smallest absolute Gasteiger partial charge is 0.226 e. The SMILES string of the molecule is COCCCNC(=O)C1CC1C(=O)N1CCCC(C)C1. The summed E-state index contributed by atoms with van der Waals surface area (Å²) in [5, 5.41) is 2.89. The van der Waals surface area contributed by atoms with Crippen LogP contribution in [0.1, 0.15) is 32.6 Å². The topological polar surface area (TPSA) is 58.6 Å². The fourth-order valence-electron chi connectivity index (χ4n) is 2.94. The van der Waals surface area contributed by atoms with Gasteiger partial charge in [-0.1, -0.05) is 6.92 Å². The van der Waals surface area contributed by atoms with E-state index in [2.05, 4.69) is 12.2 Å². The molecule has 2 fully saturated rings. The second-order valence-corrected chi connectivity index (χ2v) is 6.12. The van der Waals surface area contributed by atoms with Crippen molar-refractivity contribution < 1.29 is 14.3 Å². The lowest BCUT2D eigenvalue weighted by Crippen LogP contribution is -2.40. The minimum atomic E-state index is -0.0951. The molecule has 1 aliphatic carbocycles. The first-order chi connectivity index (χ1) is 9.63. The lowest BCUT2D eigenvalue weighted by Gasteiger charge is -2.31. The number of amides is 2. The zero-order valence-electron chi connectivity index (χ0n) is 12.6. The van der Waals surface area contributed by atoms with Crippen molar-refractivity contribution in [3.63, 3.8) is 0 Å². The number of rotatable bonds is 6. The average molecular weight is 282 g/mol. The van der Waals surface area contributed by atoms with Gasteiger partial charge in [0.2, 0.25) is 11.8 Å². The highest BCUT2D eigenvalue weighted by Gasteiger charge is 2.49. The molecule has 5 nitrogen and oxygen atoms in total. The molecule has 0 radical (unpaired) electrons. The molecule has 0 aromatic carbocycles. The van der Waals surface area contributed by atoms with Crippen molar-refractivity contribution in [3.05, 3.63) is 0 Å². The van der Waals surface area contributed by atoms with Gasteiger partial charge in [-0.15, -0.1) is 0 Å². The number of hydrogen-bond acceptors (Lipinski definition) is 3. The van der Waals surface area contributed by atoms with E-state index in [4.69, 9.17) is 4.74 Å². The van der Waals surface area contributed by atoms with E-state index < -0.39 is 0 Å². The van der Waals surface area contributed by atoms with Crippen molar-refractivity contribution in [2.75, 3.05) is 33.4 Å². The van der Waals surface area contributed by atoms with Crippen molar-refractivity contribution >= 4 is 11.8 Å². The lowest BCUT2D eigenvalue weighted by molar-refractivity contribution is -0.136. The number of carbonyl (C=O) groups excluding carboxylic acids is 2. The van der Waals surface area contributed by atoms with Gasteiger partial charge in [0.05, 0.1) is 11.8 Å². The summed E-state index contributed by atoms with van der Waals surface area (Å²) in [5.41, 5.74) is 0. The average Bonchev–Trinajstić information content (AvgIpc) is 3.23. The first kappa shape index (κ1) is 15.3. The summed E-state index contributed by atoms with van der Waals surface area (Å²) in [5.74, 6) is 0.649. The lowest BCUT2D eigenvalue weighted by atomic mass is 10.00. The highest BCUT2D eigenvalue weighted by molar-refractivity contribution is 5.92. The van der Waals surface area contributed by atoms with Gasteiger partial charge in [0.25, 0.3) is 0 Å². The molecule has 0 aromatic rings. The van der Waals surface area contributed by atoms with Crippen LogP contribution in [0.15, 0.2) is 0 Å². The molecular formula is C15H26N2O3. The van der Waals surface area contributed by atoms with Crippen molar-refractivity contribution in [1.82, 2.24) is 10.2 Å². The largest absolute Gasteiger partial charge is 0.385 e. The Kier molecular flexibility index (Phi) is 5.40. The number of carbonyl (C=O) groups is 2. The molecule has 1 saturated carbocycles. The number of ether oxygens (including phenoxy) is 1. The summed E-state index contributed by atoms with van der Waals surface area (Å²) in [6.45, 7) is 5.19. The molecule has 2 rings (SSSR count). The van der Waals surface area contributed by atoms with Crippen molar-refractivity contribution in [2.45, 2.75) is 32.6 Å². The Morgan fingerprint density at radius 1 is 1.35 bits per heavy atom. The highest BCUT2D eigenvalue weighted by atomic mass is 16.5. The van der Waals surface area contributed by atoms with E-state index in [-0.39, 0.29) is 23.7 Å². The fraction of sp³-hybridized carbons (Fsp3) is 0.867. The molecule has 2 amide bonds. The van der Waals surface area contributed by atoms with Gasteiger partial charge in [0, 0.05) is 33.4 Å². The van der Waals surface area contributed by atoms with Gasteiger partial charge >= 0.3 is 0 Å². The Labute approximate surface area is 121 Å². The summed E-state index contributed by atoms with van der Waals surface area (Å²) in [6, 6.07) is 0. The van der Waals surface area contributed by atoms with Gasteiger partial charge in [0.1, 0.15) is 0 Å². The van der Waals surface area contributed by atoms with E-state index >= 15 is 0 Å². The van der Waals surface area contributed by atoms with Crippen LogP contribution in [0.5, 0.6) is 0 Å². The van der Waals surface area contributed by atoms with E-state index in [0.29, 0.717) is 19.1 Å². The predicted molar refractivity (Wildman–Crippen MR) is 76.1 cm³/mol. The monoisotopic (exact) mass is 282 g/mol. The molecule has 0 aromatic heterocycles. The van der Waals surface area contributed by atoms with Gasteiger partial charge in [0.15, 0.2) is 0 Å². The third-order valence-electron chi connectivity index (χ3n) is 4.24. The number of methoxy groups -OCH3 is 1. The molecule has 0 bridgehead atoms. The van der Waals surface area contributed by atoms with E-state index in [1.807, 2.05) is 4.90 Å². The Morgan fingerprint density at radius 3 is 2.85 bits per heavy atom. The summed E-state index contributed by atoms with van der Waals surface area (Å²) in [4.78, 5) is 26.2. The van der Waals surface area contributed by atoms with Gasteiger partial charge in [-0.25, -0.2) is 0 Å². The van der Waals surface area contributed by atoms with Gasteiger partial charge in [-0.05, 0) is 31.6 Å². The first-order valence-corrected chi connectivity index (χ1v) is 7.69. The van der Waals surface area contributed by atoms with Gasteiger partial charge in [-0.3, -0.25) is 9.59 Å². The zero-order chi connectivity index (χ0) is 14.5. The fourth-order valence-corrected chi connectivity index (χ4v) is 2.94. The molecular weight excluding hydrogens is 256 g/mol. The summed E-state index contributed by atoms with van der Waals surface area (Å²) in [6.07, 6.45) is 3.84. The standard InChI is InChI=1S/C15H26N2O3/c1-11-5-3-7-17(10-11)15(19)13-9-12(13)14(18)16-6-4-8-20-2/h11-13H,3-10H2,1-2H3,(H,16,18). The van der Waals surface area contributed by atoms with Crippen LogP contribution in [0.2, 0.25) is 0 Å². The highest BCUT2D eigenvalue weighted by Crippen LogP contribution is 2.40. The van der Waals surface area contributed by atoms with Crippen molar-refractivity contribution in [2.24, 2.45) is 17.8 Å². The van der Waals surface area contributed by atoms with Crippen LogP contribution in [0.4, 0.5) is 0 Å². The summed E-state index contributed by atoms with van der Waals surface area (Å²) < 4.78 is 4.94. The molecule has 20 heavy (non-hydrogen) atoms. The third-order valence-corrected chi connectivity index (χ3v) is 4.24. The molecule has 5 heteroatoms. The third kappa shape index (κ3) is 3.95. The molecule has 2 aliphatic rings. The van der Waals surface area contributed by atoms with E-state index in [9.17, 15) is 9.59 Å². The normalized spacial score (nSPS) is 29.1. The Balaban J connectivity index is 1.70. The summed E-state index contributed by atoms with van der Waals surface area (Å²) >= 11 is 0. The second-order valence-electron chi connectivity index (χ2n) is 6.12. The van der Waals surface area contributed by atoms with E-state index in [0.717, 1.165) is 32.4 Å². The van der Waals surface area contributed by atoms with Crippen LogP contribution in [0, 0.1) is 17.8 Å². The number of nitrogens with zero attached hydrogens (tertiary/aromatic N) is 1. The van der Waals surface area contributed by atoms with Crippen LogP contribution < -0.4 is 5.32 Å². The molecule has 0 spiro atoms. The molecule has 1 saturated heterocycles. The Morgan fingerprint density at radius 2 is 2.15 bits per heavy atom. The van der Waals surface area contributed by atoms with Crippen LogP contribution in [-0.4, -0.2) is 50.1 Å². The van der Waals surface area contributed by atoms with Gasteiger partial charge in [-0.2, -0.15) is 0 Å². The molecule has 1 N–H and O–H groups in total. The van der Waals surface area contributed by atoms with Crippen LogP contribution in [0.25, 0.3) is 0 Å². The number of nitrogens with one attached hydrogen (secondary N) is 1. The van der Waals surface area contributed by atoms with Crippen molar-refractivity contribution in [1.29, 1.82) is 0 Å². The van der Waals surface area contributed by atoms with Gasteiger partial charge < -0.3 is 15.0 Å². The number of likely N-dealkylation sites (tertiary alicyclic amines) is 1. The molecule has 1 aliphatic heterocycles. The zero-order valence-corrected chi connectivity index (χ0v) is 12.6. The Hall–Kier alpha value is -1.10. The number of piperidine rings is 1. The second kappa shape index (κ2) is 7.07. The quantitative estimate of drug-likeness (QED) is 0.740. The summed E-state index contributed by atoms with van der Waals surface area (Å²) in [7, 11) is 1.65. The maximum atomic E-state index is 12.3. The maximum absolute atomic E-state index is 12.3. The molecule has 1 heterocycles. The van der Waals surface area contributed by atoms with E-state index in [1.165, 1.54) is 6.42 Å². The molecule has 114 valence electrons. The van der Waals surface area contributed by atoms with Crippen LogP contribution in [0.3, 0.4) is 0 Å². The maximum Gasteiger partial charge on any atom is 0.226 e.